The summed E-state index contributed by atoms with van der Waals surface area (Å²) < 4.78 is 0. The maximum Gasteiger partial charge on any atom is 0.245 e. The molecule has 0 saturated carbocycles. The zero-order valence-electron chi connectivity index (χ0n) is 9.03. The third kappa shape index (κ3) is 4.68. The van der Waals surface area contributed by atoms with E-state index in [1.165, 1.54) is 17.1 Å². The third-order valence-electron chi connectivity index (χ3n) is 1.75. The fourth-order valence-electron chi connectivity index (χ4n) is 0.611. The van der Waals surface area contributed by atoms with Crippen LogP contribution in [0.4, 0.5) is 0 Å². The van der Waals surface area contributed by atoms with Crippen LogP contribution < -0.4 is 0 Å². The van der Waals surface area contributed by atoms with Crippen LogP contribution in [0.5, 0.6) is 0 Å². The number of hydrogen-bond donors (Lipinski definition) is 1. The smallest absolute Gasteiger partial charge is 0.245 e. The van der Waals surface area contributed by atoms with Gasteiger partial charge in [-0.1, -0.05) is 26.8 Å². The Hall–Kier alpha value is -0.830. The fourth-order valence-corrected chi connectivity index (χ4v) is 0.611. The molecule has 0 saturated heterocycles. The monoisotopic (exact) mass is 185 g/mol. The predicted octanol–water partition coefficient (Wildman–Crippen LogP) is 1.04. The van der Waals surface area contributed by atoms with Crippen LogP contribution in [-0.2, 0) is 4.79 Å². The van der Waals surface area contributed by atoms with E-state index < -0.39 is 6.10 Å². The molecule has 76 valence electrons. The van der Waals surface area contributed by atoms with Gasteiger partial charge in [-0.3, -0.25) is 4.79 Å². The van der Waals surface area contributed by atoms with Gasteiger partial charge in [0.05, 0.1) is 6.10 Å². The van der Waals surface area contributed by atoms with E-state index in [2.05, 4.69) is 0 Å². The Bertz CT molecular complexity index is 201. The summed E-state index contributed by atoms with van der Waals surface area (Å²) >= 11 is 0. The summed E-state index contributed by atoms with van der Waals surface area (Å²) in [5.41, 5.74) is -0.219. The highest BCUT2D eigenvalue weighted by Crippen LogP contribution is 2.19. The second-order valence-corrected chi connectivity index (χ2v) is 4.40. The zero-order valence-corrected chi connectivity index (χ0v) is 9.03. The lowest BCUT2D eigenvalue weighted by Crippen LogP contribution is -2.25. The summed E-state index contributed by atoms with van der Waals surface area (Å²) in [5, 5.41) is 9.56. The van der Waals surface area contributed by atoms with Gasteiger partial charge in [0.15, 0.2) is 0 Å². The molecule has 0 fully saturated rings. The highest BCUT2D eigenvalue weighted by Gasteiger charge is 2.19. The Balaban J connectivity index is 4.21. The minimum atomic E-state index is -0.587. The van der Waals surface area contributed by atoms with Gasteiger partial charge in [0, 0.05) is 20.2 Å². The Morgan fingerprint density at radius 2 is 1.85 bits per heavy atom. The van der Waals surface area contributed by atoms with Crippen molar-refractivity contribution in [3.05, 3.63) is 12.2 Å². The topological polar surface area (TPSA) is 40.5 Å². The van der Waals surface area contributed by atoms with Gasteiger partial charge in [-0.25, -0.2) is 0 Å². The van der Waals surface area contributed by atoms with Crippen molar-refractivity contribution >= 4 is 5.91 Å². The van der Waals surface area contributed by atoms with E-state index in [4.69, 9.17) is 0 Å². The first-order chi connectivity index (χ1) is 5.75. The fraction of sp³-hybridized carbons (Fsp3) is 0.700. The molecule has 0 aromatic carbocycles. The summed E-state index contributed by atoms with van der Waals surface area (Å²) in [5.74, 6) is -0.108. The van der Waals surface area contributed by atoms with Gasteiger partial charge in [0.2, 0.25) is 5.91 Å². The van der Waals surface area contributed by atoms with Crippen LogP contribution in [0.1, 0.15) is 20.8 Å². The van der Waals surface area contributed by atoms with Gasteiger partial charge >= 0.3 is 0 Å². The Morgan fingerprint density at radius 3 is 2.15 bits per heavy atom. The van der Waals surface area contributed by atoms with E-state index in [0.29, 0.717) is 0 Å². The van der Waals surface area contributed by atoms with E-state index in [9.17, 15) is 9.90 Å². The molecule has 0 radical (unpaired) electrons. The van der Waals surface area contributed by atoms with Gasteiger partial charge in [-0.2, -0.15) is 0 Å². The lowest BCUT2D eigenvalue weighted by Gasteiger charge is -2.22. The second-order valence-electron chi connectivity index (χ2n) is 4.40. The second kappa shape index (κ2) is 4.42. The molecule has 0 aromatic heterocycles. The van der Waals surface area contributed by atoms with Crippen molar-refractivity contribution in [2.24, 2.45) is 5.41 Å². The number of likely N-dealkylation sites (N-methyl/N-ethyl adjacent to an activating group) is 1. The maximum atomic E-state index is 11.1. The lowest BCUT2D eigenvalue weighted by atomic mass is 9.89. The SMILES string of the molecule is CN(C)C(=O)/C=C/C(O)C(C)(C)C. The van der Waals surface area contributed by atoms with E-state index >= 15 is 0 Å². The van der Waals surface area contributed by atoms with Crippen molar-refractivity contribution in [2.45, 2.75) is 26.9 Å². The average molecular weight is 185 g/mol. The number of carbonyl (C=O) groups excluding carboxylic acids is 1. The van der Waals surface area contributed by atoms with Crippen molar-refractivity contribution in [3.63, 3.8) is 0 Å². The van der Waals surface area contributed by atoms with Crippen LogP contribution in [0.15, 0.2) is 12.2 Å². The lowest BCUT2D eigenvalue weighted by molar-refractivity contribution is -0.123. The molecule has 1 amide bonds. The minimum Gasteiger partial charge on any atom is -0.388 e. The molecule has 1 N–H and O–H groups in total. The van der Waals surface area contributed by atoms with Crippen LogP contribution in [0.2, 0.25) is 0 Å². The Morgan fingerprint density at radius 1 is 1.38 bits per heavy atom. The van der Waals surface area contributed by atoms with E-state index in [1.807, 2.05) is 20.8 Å². The van der Waals surface area contributed by atoms with E-state index in [-0.39, 0.29) is 11.3 Å². The number of rotatable bonds is 2. The number of amides is 1. The van der Waals surface area contributed by atoms with E-state index in [1.54, 1.807) is 14.1 Å². The molecular weight excluding hydrogens is 166 g/mol. The molecular formula is C10H19NO2. The summed E-state index contributed by atoms with van der Waals surface area (Å²) in [6.45, 7) is 5.76. The molecule has 3 nitrogen and oxygen atoms in total. The number of aliphatic hydroxyl groups excluding tert-OH is 1. The standard InChI is InChI=1S/C10H19NO2/c1-10(2,3)8(12)6-7-9(13)11(4)5/h6-8,12H,1-5H3/b7-6+. The van der Waals surface area contributed by atoms with Crippen molar-refractivity contribution < 1.29 is 9.90 Å². The molecule has 0 rings (SSSR count). The highest BCUT2D eigenvalue weighted by atomic mass is 16.3. The zero-order chi connectivity index (χ0) is 10.6. The summed E-state index contributed by atoms with van der Waals surface area (Å²) in [6, 6.07) is 0. The van der Waals surface area contributed by atoms with Crippen LogP contribution in [0, 0.1) is 5.41 Å². The molecule has 1 atom stereocenters. The van der Waals surface area contributed by atoms with Crippen LogP contribution >= 0.6 is 0 Å². The van der Waals surface area contributed by atoms with Crippen LogP contribution in [-0.4, -0.2) is 36.1 Å². The summed E-state index contributed by atoms with van der Waals surface area (Å²) in [7, 11) is 3.35. The third-order valence-corrected chi connectivity index (χ3v) is 1.75. The highest BCUT2D eigenvalue weighted by molar-refractivity contribution is 5.87. The molecule has 0 aliphatic rings. The molecule has 0 aliphatic heterocycles. The Labute approximate surface area is 80.0 Å². The van der Waals surface area contributed by atoms with Crippen molar-refractivity contribution in [3.8, 4) is 0 Å². The molecule has 0 bridgehead atoms. The first kappa shape index (κ1) is 12.2. The average Bonchev–Trinajstić information content (AvgIpc) is 1.97. The number of aliphatic hydroxyl groups is 1. The molecule has 3 heteroatoms. The van der Waals surface area contributed by atoms with Crippen molar-refractivity contribution in [2.75, 3.05) is 14.1 Å². The van der Waals surface area contributed by atoms with Gasteiger partial charge < -0.3 is 10.0 Å². The Kier molecular flexibility index (Phi) is 4.14. The minimum absolute atomic E-state index is 0.108. The molecule has 13 heavy (non-hydrogen) atoms. The number of nitrogens with zero attached hydrogens (tertiary/aromatic N) is 1. The quantitative estimate of drug-likeness (QED) is 0.653. The van der Waals surface area contributed by atoms with Crippen LogP contribution in [0.3, 0.4) is 0 Å². The number of carbonyl (C=O) groups is 1. The van der Waals surface area contributed by atoms with Crippen molar-refractivity contribution in [1.29, 1.82) is 0 Å². The van der Waals surface area contributed by atoms with E-state index in [0.717, 1.165) is 0 Å². The maximum absolute atomic E-state index is 11.1. The van der Waals surface area contributed by atoms with Crippen LogP contribution in [0.25, 0.3) is 0 Å². The van der Waals surface area contributed by atoms with Gasteiger partial charge in [-0.15, -0.1) is 0 Å². The summed E-state index contributed by atoms with van der Waals surface area (Å²) in [6.07, 6.45) is 2.34. The predicted molar refractivity (Wildman–Crippen MR) is 53.3 cm³/mol. The van der Waals surface area contributed by atoms with Gasteiger partial charge in [-0.05, 0) is 5.41 Å². The van der Waals surface area contributed by atoms with Gasteiger partial charge in [0.25, 0.3) is 0 Å². The van der Waals surface area contributed by atoms with Crippen molar-refractivity contribution in [1.82, 2.24) is 4.90 Å². The summed E-state index contributed by atoms with van der Waals surface area (Å²) in [4.78, 5) is 12.6. The normalized spacial score (nSPS) is 14.6. The molecule has 0 spiro atoms. The first-order valence-electron chi connectivity index (χ1n) is 4.32. The van der Waals surface area contributed by atoms with Gasteiger partial charge in [0.1, 0.15) is 0 Å². The first-order valence-corrected chi connectivity index (χ1v) is 4.32. The number of hydrogen-bond acceptors (Lipinski definition) is 2. The molecule has 1 unspecified atom stereocenters. The molecule has 0 aliphatic carbocycles. The molecule has 0 aromatic rings. The largest absolute Gasteiger partial charge is 0.388 e. The molecule has 0 heterocycles.